The van der Waals surface area contributed by atoms with Gasteiger partial charge in [-0.15, -0.1) is 0 Å². The molecule has 2 aromatic rings. The Kier molecular flexibility index (Phi) is 5.17. The van der Waals surface area contributed by atoms with Gasteiger partial charge in [-0.05, 0) is 30.0 Å². The topological polar surface area (TPSA) is 58.4 Å². The van der Waals surface area contributed by atoms with Crippen LogP contribution in [0, 0.1) is 5.41 Å². The van der Waals surface area contributed by atoms with E-state index < -0.39 is 0 Å². The second kappa shape index (κ2) is 7.39. The molecule has 6 heteroatoms. The fraction of sp³-hybridized carbons (Fsp3) is 0.381. The molecule has 142 valence electrons. The minimum absolute atomic E-state index is 0.0447. The highest BCUT2D eigenvalue weighted by molar-refractivity contribution is 5.90. The molecule has 0 saturated carbocycles. The van der Waals surface area contributed by atoms with Crippen molar-refractivity contribution in [3.63, 3.8) is 0 Å². The lowest BCUT2D eigenvalue weighted by atomic mass is 9.87. The van der Waals surface area contributed by atoms with E-state index in [9.17, 15) is 9.59 Å². The number of benzene rings is 1. The SMILES string of the molecule is C=CC(=O)N(C)CC(=O)N1Cc2cnn(-c3ccccc3)c2CC(C)(C)C1. The lowest BCUT2D eigenvalue weighted by Crippen LogP contribution is -2.43. The van der Waals surface area contributed by atoms with Crippen LogP contribution in [0.1, 0.15) is 25.1 Å². The Labute approximate surface area is 160 Å². The fourth-order valence-electron chi connectivity index (χ4n) is 3.52. The Morgan fingerprint density at radius 3 is 2.67 bits per heavy atom. The van der Waals surface area contributed by atoms with E-state index in [1.165, 1.54) is 11.0 Å². The number of likely N-dealkylation sites (N-methyl/N-ethyl adjacent to an activating group) is 1. The van der Waals surface area contributed by atoms with Gasteiger partial charge in [0.2, 0.25) is 11.8 Å². The summed E-state index contributed by atoms with van der Waals surface area (Å²) in [7, 11) is 1.61. The molecule has 2 amide bonds. The van der Waals surface area contributed by atoms with Gasteiger partial charge in [-0.2, -0.15) is 5.10 Å². The van der Waals surface area contributed by atoms with Gasteiger partial charge < -0.3 is 9.80 Å². The molecule has 1 aliphatic heterocycles. The summed E-state index contributed by atoms with van der Waals surface area (Å²) in [6, 6.07) is 10.0. The van der Waals surface area contributed by atoms with Gasteiger partial charge in [0.25, 0.3) is 0 Å². The van der Waals surface area contributed by atoms with Crippen molar-refractivity contribution in [2.75, 3.05) is 20.1 Å². The molecule has 6 nitrogen and oxygen atoms in total. The molecule has 1 aromatic heterocycles. The van der Waals surface area contributed by atoms with Crippen LogP contribution < -0.4 is 0 Å². The highest BCUT2D eigenvalue weighted by atomic mass is 16.2. The van der Waals surface area contributed by atoms with Gasteiger partial charge in [-0.1, -0.05) is 38.6 Å². The van der Waals surface area contributed by atoms with Gasteiger partial charge in [0.15, 0.2) is 0 Å². The van der Waals surface area contributed by atoms with Crippen molar-refractivity contribution < 1.29 is 9.59 Å². The molecular formula is C21H26N4O2. The normalized spacial score (nSPS) is 15.6. The van der Waals surface area contributed by atoms with Crippen molar-refractivity contribution >= 4 is 11.8 Å². The average molecular weight is 366 g/mol. The molecule has 0 N–H and O–H groups in total. The summed E-state index contributed by atoms with van der Waals surface area (Å²) in [5.41, 5.74) is 3.10. The van der Waals surface area contributed by atoms with Gasteiger partial charge in [-0.3, -0.25) is 9.59 Å². The predicted molar refractivity (Wildman–Crippen MR) is 104 cm³/mol. The molecule has 0 spiro atoms. The number of amides is 2. The molecule has 1 aliphatic rings. The molecule has 0 saturated heterocycles. The zero-order valence-corrected chi connectivity index (χ0v) is 16.2. The summed E-state index contributed by atoms with van der Waals surface area (Å²) in [4.78, 5) is 27.8. The number of nitrogens with zero attached hydrogens (tertiary/aromatic N) is 4. The van der Waals surface area contributed by atoms with Gasteiger partial charge in [0.05, 0.1) is 18.4 Å². The van der Waals surface area contributed by atoms with Gasteiger partial charge in [0.1, 0.15) is 0 Å². The standard InChI is InChI=1S/C21H26N4O2/c1-5-19(26)23(4)14-20(27)24-13-16-12-22-25(17-9-7-6-8-10-17)18(16)11-21(2,3)15-24/h5-10,12H,1,11,13-15H2,2-4H3. The van der Waals surface area contributed by atoms with Crippen LogP contribution in [-0.4, -0.2) is 51.5 Å². The maximum Gasteiger partial charge on any atom is 0.246 e. The van der Waals surface area contributed by atoms with Crippen molar-refractivity contribution in [2.45, 2.75) is 26.8 Å². The first-order valence-electron chi connectivity index (χ1n) is 9.07. The fourth-order valence-corrected chi connectivity index (χ4v) is 3.52. The van der Waals surface area contributed by atoms with Crippen molar-refractivity contribution in [1.82, 2.24) is 19.6 Å². The first-order chi connectivity index (χ1) is 12.8. The molecule has 0 aliphatic carbocycles. The van der Waals surface area contributed by atoms with Crippen LogP contribution in [0.5, 0.6) is 0 Å². The lowest BCUT2D eigenvalue weighted by molar-refractivity contribution is -0.138. The first-order valence-corrected chi connectivity index (χ1v) is 9.07. The third kappa shape index (κ3) is 4.10. The van der Waals surface area contributed by atoms with E-state index in [1.54, 1.807) is 7.05 Å². The molecule has 27 heavy (non-hydrogen) atoms. The number of carbonyl (C=O) groups is 2. The number of hydrogen-bond acceptors (Lipinski definition) is 3. The maximum atomic E-state index is 12.8. The number of rotatable bonds is 4. The van der Waals surface area contributed by atoms with Crippen molar-refractivity contribution in [2.24, 2.45) is 5.41 Å². The Morgan fingerprint density at radius 1 is 1.30 bits per heavy atom. The third-order valence-corrected chi connectivity index (χ3v) is 4.86. The Balaban J connectivity index is 1.88. The monoisotopic (exact) mass is 366 g/mol. The second-order valence-corrected chi connectivity index (χ2v) is 7.85. The zero-order valence-electron chi connectivity index (χ0n) is 16.2. The average Bonchev–Trinajstić information content (AvgIpc) is 2.95. The van der Waals surface area contributed by atoms with E-state index in [2.05, 4.69) is 25.5 Å². The van der Waals surface area contributed by atoms with E-state index in [0.29, 0.717) is 13.1 Å². The smallest absolute Gasteiger partial charge is 0.246 e. The predicted octanol–water partition coefficient (Wildman–Crippen LogP) is 2.43. The molecule has 3 rings (SSSR count). The lowest BCUT2D eigenvalue weighted by Gasteiger charge is -2.31. The molecule has 2 heterocycles. The second-order valence-electron chi connectivity index (χ2n) is 7.85. The van der Waals surface area contributed by atoms with Gasteiger partial charge in [-0.25, -0.2) is 4.68 Å². The Bertz CT molecular complexity index is 854. The Hall–Kier alpha value is -2.89. The summed E-state index contributed by atoms with van der Waals surface area (Å²) in [5.74, 6) is -0.323. The van der Waals surface area contributed by atoms with E-state index in [-0.39, 0.29) is 23.8 Å². The maximum absolute atomic E-state index is 12.8. The van der Waals surface area contributed by atoms with Crippen LogP contribution in [0.25, 0.3) is 5.69 Å². The molecule has 1 aromatic carbocycles. The zero-order chi connectivity index (χ0) is 19.6. The first kappa shape index (κ1) is 18.9. The Morgan fingerprint density at radius 2 is 2.00 bits per heavy atom. The van der Waals surface area contributed by atoms with Crippen molar-refractivity contribution in [3.8, 4) is 5.69 Å². The van der Waals surface area contributed by atoms with E-state index in [4.69, 9.17) is 0 Å². The quantitative estimate of drug-likeness (QED) is 0.781. The van der Waals surface area contributed by atoms with Crippen molar-refractivity contribution in [1.29, 1.82) is 0 Å². The van der Waals surface area contributed by atoms with Crippen LogP contribution in [0.15, 0.2) is 49.2 Å². The number of aromatic nitrogens is 2. The van der Waals surface area contributed by atoms with Crippen LogP contribution >= 0.6 is 0 Å². The molecule has 0 radical (unpaired) electrons. The van der Waals surface area contributed by atoms with E-state index in [0.717, 1.165) is 23.4 Å². The number of carbonyl (C=O) groups excluding carboxylic acids is 2. The van der Waals surface area contributed by atoms with Gasteiger partial charge >= 0.3 is 0 Å². The van der Waals surface area contributed by atoms with E-state index >= 15 is 0 Å². The molecule has 0 unspecified atom stereocenters. The minimum atomic E-state index is -0.255. The number of fused-ring (bicyclic) bond motifs is 1. The van der Waals surface area contributed by atoms with Crippen LogP contribution in [-0.2, 0) is 22.6 Å². The third-order valence-electron chi connectivity index (χ3n) is 4.86. The molecule has 0 atom stereocenters. The summed E-state index contributed by atoms with van der Waals surface area (Å²) in [5, 5.41) is 4.57. The molecule has 0 fully saturated rings. The van der Waals surface area contributed by atoms with Gasteiger partial charge in [0, 0.05) is 31.4 Å². The summed E-state index contributed by atoms with van der Waals surface area (Å²) >= 11 is 0. The molecule has 0 bridgehead atoms. The van der Waals surface area contributed by atoms with Crippen LogP contribution in [0.3, 0.4) is 0 Å². The molecular weight excluding hydrogens is 340 g/mol. The summed E-state index contributed by atoms with van der Waals surface area (Å²) in [6.07, 6.45) is 3.90. The van der Waals surface area contributed by atoms with Crippen LogP contribution in [0.2, 0.25) is 0 Å². The largest absolute Gasteiger partial charge is 0.336 e. The number of para-hydroxylation sites is 1. The van der Waals surface area contributed by atoms with E-state index in [1.807, 2.05) is 46.1 Å². The highest BCUT2D eigenvalue weighted by Crippen LogP contribution is 2.31. The highest BCUT2D eigenvalue weighted by Gasteiger charge is 2.33. The minimum Gasteiger partial charge on any atom is -0.336 e. The summed E-state index contributed by atoms with van der Waals surface area (Å²) < 4.78 is 1.97. The van der Waals surface area contributed by atoms with Crippen molar-refractivity contribution in [3.05, 3.63) is 60.4 Å². The summed E-state index contributed by atoms with van der Waals surface area (Å²) in [6.45, 7) is 8.96. The van der Waals surface area contributed by atoms with Crippen LogP contribution in [0.4, 0.5) is 0 Å². The number of hydrogen-bond donors (Lipinski definition) is 0.